The van der Waals surface area contributed by atoms with Gasteiger partial charge < -0.3 is 15.7 Å². The maximum Gasteiger partial charge on any atom is 1.00 e. The van der Waals surface area contributed by atoms with Crippen molar-refractivity contribution in [2.24, 2.45) is 5.73 Å². The van der Waals surface area contributed by atoms with Crippen molar-refractivity contribution >= 4 is 18.5 Å². The van der Waals surface area contributed by atoms with Crippen LogP contribution in [0.4, 0.5) is 4.79 Å². The molecule has 0 spiro atoms. The molecule has 0 radical (unpaired) electrons. The topological polar surface area (TPSA) is 69.8 Å². The van der Waals surface area contributed by atoms with E-state index in [-0.39, 0.29) is 13.8 Å². The molecule has 2 aliphatic heterocycles. The lowest BCUT2D eigenvalue weighted by Gasteiger charge is -2.35. The van der Waals surface area contributed by atoms with Crippen LogP contribution in [0.25, 0.3) is 0 Å². The maximum absolute atomic E-state index is 10.7. The van der Waals surface area contributed by atoms with Crippen LogP contribution >= 0.6 is 12.4 Å². The number of likely N-dealkylation sites (tertiary alicyclic amines) is 2. The minimum Gasteiger partial charge on any atom is -0.465 e. The average Bonchev–Trinajstić information content (AvgIpc) is 2.65. The first-order valence-corrected chi connectivity index (χ1v) is 5.64. The van der Waals surface area contributed by atoms with Gasteiger partial charge >= 0.3 is 7.52 Å². The van der Waals surface area contributed by atoms with Gasteiger partial charge in [-0.1, -0.05) is 0 Å². The van der Waals surface area contributed by atoms with Crippen molar-refractivity contribution in [2.75, 3.05) is 26.2 Å². The second kappa shape index (κ2) is 5.70. The quantitative estimate of drug-likeness (QED) is 0.719. The van der Waals surface area contributed by atoms with Gasteiger partial charge in [0, 0.05) is 38.3 Å². The summed E-state index contributed by atoms with van der Waals surface area (Å²) in [6, 6.07) is 0.872. The summed E-state index contributed by atoms with van der Waals surface area (Å²) in [5.74, 6) is 0. The Kier molecular flexibility index (Phi) is 4.83. The second-order valence-electron chi connectivity index (χ2n) is 4.54. The second-order valence-corrected chi connectivity index (χ2v) is 4.54. The third-order valence-corrected chi connectivity index (χ3v) is 3.51. The first-order chi connectivity index (χ1) is 7.16. The molecule has 94 valence electrons. The van der Waals surface area contributed by atoms with E-state index in [9.17, 15) is 4.79 Å². The molecule has 6 heteroatoms. The van der Waals surface area contributed by atoms with Crippen LogP contribution in [0.5, 0.6) is 0 Å². The highest BCUT2D eigenvalue weighted by atomic mass is 35.5. The molecule has 0 aromatic heterocycles. The van der Waals surface area contributed by atoms with Crippen LogP contribution in [0, 0.1) is 0 Å². The molecule has 1 amide bonds. The molecule has 3 N–H and O–H groups in total. The van der Waals surface area contributed by atoms with Crippen molar-refractivity contribution < 1.29 is 11.3 Å². The molecule has 2 fully saturated rings. The number of hydrogen-bond donors (Lipinski definition) is 2. The first kappa shape index (κ1) is 13.5. The average molecular weight is 251 g/mol. The number of rotatable bonds is 1. The van der Waals surface area contributed by atoms with Gasteiger partial charge in [0.15, 0.2) is 0 Å². The van der Waals surface area contributed by atoms with E-state index in [0.29, 0.717) is 25.2 Å². The molecule has 0 bridgehead atoms. The van der Waals surface area contributed by atoms with Crippen LogP contribution in [-0.4, -0.2) is 59.3 Å². The van der Waals surface area contributed by atoms with Gasteiger partial charge in [-0.25, -0.2) is 4.79 Å². The SMILES string of the molecule is Cl.NC1CCN(C2CCN(C(=O)O)CC2)C1.[H+]. The minimum absolute atomic E-state index is 0. The minimum atomic E-state index is -0.786. The Labute approximate surface area is 103 Å². The van der Waals surface area contributed by atoms with Crippen LogP contribution in [0.1, 0.15) is 20.7 Å². The summed E-state index contributed by atoms with van der Waals surface area (Å²) in [4.78, 5) is 14.7. The molecule has 2 heterocycles. The van der Waals surface area contributed by atoms with E-state index in [1.807, 2.05) is 0 Å². The summed E-state index contributed by atoms with van der Waals surface area (Å²) < 4.78 is 0. The van der Waals surface area contributed by atoms with E-state index in [0.717, 1.165) is 32.4 Å². The molecule has 2 rings (SSSR count). The zero-order valence-electron chi connectivity index (χ0n) is 10.3. The maximum atomic E-state index is 10.7. The number of carbonyl (C=O) groups is 1. The fourth-order valence-corrected chi connectivity index (χ4v) is 2.57. The highest BCUT2D eigenvalue weighted by Crippen LogP contribution is 2.20. The fourth-order valence-electron chi connectivity index (χ4n) is 2.57. The van der Waals surface area contributed by atoms with Gasteiger partial charge in [0.1, 0.15) is 0 Å². The van der Waals surface area contributed by atoms with E-state index in [1.54, 1.807) is 0 Å². The number of piperidine rings is 1. The van der Waals surface area contributed by atoms with Gasteiger partial charge in [-0.2, -0.15) is 0 Å². The lowest BCUT2D eigenvalue weighted by Crippen LogP contribution is -2.46. The van der Waals surface area contributed by atoms with Crippen LogP contribution in [0.15, 0.2) is 0 Å². The Hall–Kier alpha value is -0.520. The number of nitrogens with zero attached hydrogens (tertiary/aromatic N) is 2. The molecular formula is C10H21ClN3O2+. The molecule has 0 aliphatic carbocycles. The van der Waals surface area contributed by atoms with Gasteiger partial charge in [0.2, 0.25) is 0 Å². The van der Waals surface area contributed by atoms with E-state index in [2.05, 4.69) is 4.90 Å². The molecule has 0 aromatic carbocycles. The third-order valence-electron chi connectivity index (χ3n) is 3.51. The Bertz CT molecular complexity index is 250. The summed E-state index contributed by atoms with van der Waals surface area (Å²) >= 11 is 0. The summed E-state index contributed by atoms with van der Waals surface area (Å²) in [5.41, 5.74) is 5.86. The first-order valence-electron chi connectivity index (χ1n) is 5.64. The molecule has 0 aromatic rings. The van der Waals surface area contributed by atoms with Crippen LogP contribution in [0.3, 0.4) is 0 Å². The largest absolute Gasteiger partial charge is 1.00 e. The van der Waals surface area contributed by atoms with Gasteiger partial charge in [-0.05, 0) is 19.3 Å². The van der Waals surface area contributed by atoms with Crippen molar-refractivity contribution in [3.05, 3.63) is 0 Å². The van der Waals surface area contributed by atoms with Gasteiger partial charge in [-0.15, -0.1) is 12.4 Å². The molecule has 16 heavy (non-hydrogen) atoms. The number of amides is 1. The van der Waals surface area contributed by atoms with E-state index in [4.69, 9.17) is 10.8 Å². The van der Waals surface area contributed by atoms with Crippen LogP contribution in [-0.2, 0) is 0 Å². The standard InChI is InChI=1S/C10H19N3O2.ClH/c11-8-1-4-13(7-8)9-2-5-12(6-3-9)10(14)15;/h8-9H,1-7,11H2,(H,14,15);1H/p+1. The summed E-state index contributed by atoms with van der Waals surface area (Å²) in [7, 11) is 0. The number of carboxylic acid groups (broad SMARTS) is 1. The van der Waals surface area contributed by atoms with E-state index in [1.165, 1.54) is 4.90 Å². The number of nitrogens with two attached hydrogens (primary N) is 1. The van der Waals surface area contributed by atoms with Crippen molar-refractivity contribution in [3.8, 4) is 0 Å². The molecule has 2 saturated heterocycles. The molecule has 1 unspecified atom stereocenters. The smallest absolute Gasteiger partial charge is 0.465 e. The monoisotopic (exact) mass is 250 g/mol. The highest BCUT2D eigenvalue weighted by molar-refractivity contribution is 5.85. The molecule has 2 aliphatic rings. The van der Waals surface area contributed by atoms with Crippen molar-refractivity contribution in [2.45, 2.75) is 31.3 Å². The molecular weight excluding hydrogens is 230 g/mol. The Morgan fingerprint density at radius 3 is 2.31 bits per heavy atom. The predicted molar refractivity (Wildman–Crippen MR) is 65.1 cm³/mol. The number of halogens is 1. The Balaban J connectivity index is 0.00000128. The molecule has 1 atom stereocenters. The zero-order valence-corrected chi connectivity index (χ0v) is 10.2. The lowest BCUT2D eigenvalue weighted by atomic mass is 10.0. The van der Waals surface area contributed by atoms with Gasteiger partial charge in [0.05, 0.1) is 0 Å². The van der Waals surface area contributed by atoms with Crippen molar-refractivity contribution in [1.82, 2.24) is 9.80 Å². The van der Waals surface area contributed by atoms with E-state index < -0.39 is 6.09 Å². The number of hydrogen-bond acceptors (Lipinski definition) is 3. The van der Waals surface area contributed by atoms with E-state index >= 15 is 0 Å². The van der Waals surface area contributed by atoms with Crippen molar-refractivity contribution in [1.29, 1.82) is 0 Å². The summed E-state index contributed by atoms with van der Waals surface area (Å²) in [6.45, 7) is 3.41. The fraction of sp³-hybridized carbons (Fsp3) is 0.900. The van der Waals surface area contributed by atoms with Crippen LogP contribution < -0.4 is 5.73 Å². The lowest BCUT2D eigenvalue weighted by molar-refractivity contribution is 0.104. The normalized spacial score (nSPS) is 27.8. The molecule has 0 saturated carbocycles. The summed E-state index contributed by atoms with van der Waals surface area (Å²) in [5, 5.41) is 8.82. The Morgan fingerprint density at radius 1 is 1.25 bits per heavy atom. The van der Waals surface area contributed by atoms with Gasteiger partial charge in [-0.3, -0.25) is 4.90 Å². The Morgan fingerprint density at radius 2 is 1.88 bits per heavy atom. The summed E-state index contributed by atoms with van der Waals surface area (Å²) in [6.07, 6.45) is 2.21. The zero-order chi connectivity index (χ0) is 10.8. The van der Waals surface area contributed by atoms with Gasteiger partial charge in [0.25, 0.3) is 0 Å². The highest BCUT2D eigenvalue weighted by Gasteiger charge is 2.30. The van der Waals surface area contributed by atoms with Crippen LogP contribution in [0.2, 0.25) is 0 Å². The predicted octanol–water partition coefficient (Wildman–Crippen LogP) is 0.696. The molecule has 5 nitrogen and oxygen atoms in total. The third kappa shape index (κ3) is 2.99. The van der Waals surface area contributed by atoms with Crippen molar-refractivity contribution in [3.63, 3.8) is 0 Å².